The minimum Gasteiger partial charge on any atom is -0.391 e. The second kappa shape index (κ2) is 6.93. The molecule has 4 N–H and O–H groups in total. The number of nitrogens with one attached hydrogen (secondary N) is 2. The van der Waals surface area contributed by atoms with Crippen LogP contribution in [0.1, 0.15) is 46.0 Å². The minimum atomic E-state index is -0.284. The molecule has 96 valence electrons. The van der Waals surface area contributed by atoms with Gasteiger partial charge in [0.15, 0.2) is 5.82 Å². The fourth-order valence-corrected chi connectivity index (χ4v) is 1.81. The molecule has 0 aromatic carbocycles. The molecule has 0 saturated heterocycles. The molecule has 1 unspecified atom stereocenters. The number of hydrogen-bond acceptors (Lipinski definition) is 4. The third-order valence-corrected chi connectivity index (χ3v) is 2.77. The highest BCUT2D eigenvalue weighted by molar-refractivity contribution is 5.59. The van der Waals surface area contributed by atoms with Gasteiger partial charge in [0.25, 0.3) is 5.56 Å². The lowest BCUT2D eigenvalue weighted by molar-refractivity contribution is 0.563. The molecule has 0 fully saturated rings. The van der Waals surface area contributed by atoms with Gasteiger partial charge in [-0.25, -0.2) is 4.98 Å². The van der Waals surface area contributed by atoms with Gasteiger partial charge in [0.05, 0.1) is 6.33 Å². The van der Waals surface area contributed by atoms with Gasteiger partial charge in [0.1, 0.15) is 5.69 Å². The van der Waals surface area contributed by atoms with Crippen LogP contribution in [-0.4, -0.2) is 16.0 Å². The van der Waals surface area contributed by atoms with E-state index in [-0.39, 0.29) is 11.2 Å². The summed E-state index contributed by atoms with van der Waals surface area (Å²) in [6.45, 7) is 4.32. The molecule has 0 amide bonds. The molecular weight excluding hydrogens is 216 g/mol. The molecule has 1 rings (SSSR count). The first-order valence-electron chi connectivity index (χ1n) is 6.28. The molecule has 1 aromatic rings. The van der Waals surface area contributed by atoms with Crippen LogP contribution in [-0.2, 0) is 0 Å². The molecule has 5 nitrogen and oxygen atoms in total. The van der Waals surface area contributed by atoms with Gasteiger partial charge in [-0.3, -0.25) is 4.79 Å². The van der Waals surface area contributed by atoms with Crippen LogP contribution < -0.4 is 16.6 Å². The number of aromatic amines is 1. The van der Waals surface area contributed by atoms with E-state index in [1.807, 2.05) is 0 Å². The number of H-pyrrole nitrogens is 1. The molecule has 5 heteroatoms. The third-order valence-electron chi connectivity index (χ3n) is 2.77. The van der Waals surface area contributed by atoms with E-state index in [1.54, 1.807) is 0 Å². The number of nitrogens with zero attached hydrogens (tertiary/aromatic N) is 1. The Labute approximate surface area is 102 Å². The van der Waals surface area contributed by atoms with E-state index >= 15 is 0 Å². The van der Waals surface area contributed by atoms with Crippen LogP contribution in [0.25, 0.3) is 0 Å². The largest absolute Gasteiger partial charge is 0.391 e. The summed E-state index contributed by atoms with van der Waals surface area (Å²) in [5, 5.41) is 3.27. The van der Waals surface area contributed by atoms with Crippen LogP contribution in [0.2, 0.25) is 0 Å². The van der Waals surface area contributed by atoms with E-state index in [1.165, 1.54) is 19.2 Å². The molecule has 0 spiro atoms. The molecule has 0 saturated carbocycles. The molecule has 0 aliphatic carbocycles. The maximum Gasteiger partial charge on any atom is 0.276 e. The molecular formula is C12H22N4O. The van der Waals surface area contributed by atoms with Crippen LogP contribution in [0.5, 0.6) is 0 Å². The zero-order valence-corrected chi connectivity index (χ0v) is 10.6. The molecule has 0 aliphatic heterocycles. The second-order valence-corrected chi connectivity index (χ2v) is 4.27. The Hall–Kier alpha value is -1.52. The van der Waals surface area contributed by atoms with Crippen LogP contribution >= 0.6 is 0 Å². The molecule has 1 atom stereocenters. The van der Waals surface area contributed by atoms with Crippen molar-refractivity contribution in [3.63, 3.8) is 0 Å². The van der Waals surface area contributed by atoms with Gasteiger partial charge in [0.2, 0.25) is 0 Å². The maximum atomic E-state index is 11.3. The molecule has 0 bridgehead atoms. The van der Waals surface area contributed by atoms with Crippen molar-refractivity contribution < 1.29 is 0 Å². The number of nitrogens with two attached hydrogens (primary N) is 1. The number of unbranched alkanes of at least 4 members (excludes halogenated alkanes) is 1. The number of hydrogen-bond donors (Lipinski definition) is 3. The Balaban J connectivity index is 2.71. The number of aromatic nitrogens is 2. The second-order valence-electron chi connectivity index (χ2n) is 4.27. The third kappa shape index (κ3) is 4.09. The van der Waals surface area contributed by atoms with E-state index < -0.39 is 0 Å². The van der Waals surface area contributed by atoms with Crippen molar-refractivity contribution in [2.75, 3.05) is 11.1 Å². The smallest absolute Gasteiger partial charge is 0.276 e. The first-order chi connectivity index (χ1) is 8.19. The molecule has 1 heterocycles. The monoisotopic (exact) mass is 238 g/mol. The highest BCUT2D eigenvalue weighted by Gasteiger charge is 2.11. The van der Waals surface area contributed by atoms with Crippen molar-refractivity contribution >= 4 is 11.5 Å². The predicted molar refractivity (Wildman–Crippen MR) is 71.1 cm³/mol. The van der Waals surface area contributed by atoms with Crippen molar-refractivity contribution in [3.05, 3.63) is 16.7 Å². The zero-order valence-electron chi connectivity index (χ0n) is 10.6. The molecule has 17 heavy (non-hydrogen) atoms. The van der Waals surface area contributed by atoms with Gasteiger partial charge in [-0.15, -0.1) is 0 Å². The van der Waals surface area contributed by atoms with Crippen LogP contribution in [0.15, 0.2) is 11.1 Å². The Morgan fingerprint density at radius 2 is 2.18 bits per heavy atom. The molecule has 0 aliphatic rings. The maximum absolute atomic E-state index is 11.3. The Kier molecular flexibility index (Phi) is 5.52. The number of anilines is 2. The van der Waals surface area contributed by atoms with Gasteiger partial charge in [-0.1, -0.05) is 33.1 Å². The number of rotatable bonds is 7. The van der Waals surface area contributed by atoms with Crippen molar-refractivity contribution in [1.29, 1.82) is 0 Å². The average Bonchev–Trinajstić information content (AvgIpc) is 2.32. The fraction of sp³-hybridized carbons (Fsp3) is 0.667. The summed E-state index contributed by atoms with van der Waals surface area (Å²) in [6, 6.07) is 0.344. The summed E-state index contributed by atoms with van der Waals surface area (Å²) in [5.74, 6) is 0.503. The van der Waals surface area contributed by atoms with E-state index in [4.69, 9.17) is 5.73 Å². The quantitative estimate of drug-likeness (QED) is 0.679. The van der Waals surface area contributed by atoms with Gasteiger partial charge in [0, 0.05) is 6.04 Å². The van der Waals surface area contributed by atoms with E-state index in [0.717, 1.165) is 19.3 Å². The summed E-state index contributed by atoms with van der Waals surface area (Å²) in [6.07, 6.45) is 6.96. The Bertz CT molecular complexity index is 388. The summed E-state index contributed by atoms with van der Waals surface area (Å²) < 4.78 is 0. The van der Waals surface area contributed by atoms with Gasteiger partial charge >= 0.3 is 0 Å². The van der Waals surface area contributed by atoms with Gasteiger partial charge in [-0.2, -0.15) is 0 Å². The standard InChI is InChI=1S/C12H22N4O/c1-3-5-7-9(6-4-2)16-11-10(13)12(17)15-8-14-11/h8-9H,3-7,13H2,1-2H3,(H2,14,15,16,17). The van der Waals surface area contributed by atoms with Crippen molar-refractivity contribution in [1.82, 2.24) is 9.97 Å². The minimum absolute atomic E-state index is 0.171. The summed E-state index contributed by atoms with van der Waals surface area (Å²) in [4.78, 5) is 17.9. The summed E-state index contributed by atoms with van der Waals surface area (Å²) in [7, 11) is 0. The van der Waals surface area contributed by atoms with Crippen molar-refractivity contribution in [2.24, 2.45) is 0 Å². The zero-order chi connectivity index (χ0) is 12.7. The molecule has 0 radical (unpaired) electrons. The van der Waals surface area contributed by atoms with Crippen LogP contribution in [0, 0.1) is 0 Å². The van der Waals surface area contributed by atoms with Crippen molar-refractivity contribution in [2.45, 2.75) is 52.0 Å². The van der Waals surface area contributed by atoms with Crippen molar-refractivity contribution in [3.8, 4) is 0 Å². The van der Waals surface area contributed by atoms with E-state index in [2.05, 4.69) is 29.1 Å². The summed E-state index contributed by atoms with van der Waals surface area (Å²) >= 11 is 0. The fourth-order valence-electron chi connectivity index (χ4n) is 1.81. The highest BCUT2D eigenvalue weighted by Crippen LogP contribution is 2.15. The van der Waals surface area contributed by atoms with E-state index in [9.17, 15) is 4.79 Å². The predicted octanol–water partition coefficient (Wildman–Crippen LogP) is 2.12. The highest BCUT2D eigenvalue weighted by atomic mass is 16.1. The summed E-state index contributed by atoms with van der Waals surface area (Å²) in [5.41, 5.74) is 5.57. The number of nitrogen functional groups attached to an aromatic ring is 1. The lowest BCUT2D eigenvalue weighted by Crippen LogP contribution is -2.23. The lowest BCUT2D eigenvalue weighted by Gasteiger charge is -2.18. The average molecular weight is 238 g/mol. The Morgan fingerprint density at radius 1 is 1.41 bits per heavy atom. The normalized spacial score (nSPS) is 12.4. The first kappa shape index (κ1) is 13.5. The first-order valence-corrected chi connectivity index (χ1v) is 6.28. The van der Waals surface area contributed by atoms with Crippen LogP contribution in [0.4, 0.5) is 11.5 Å². The van der Waals surface area contributed by atoms with Gasteiger partial charge in [-0.05, 0) is 12.8 Å². The molecule has 1 aromatic heterocycles. The topological polar surface area (TPSA) is 83.8 Å². The van der Waals surface area contributed by atoms with E-state index in [0.29, 0.717) is 11.9 Å². The lowest BCUT2D eigenvalue weighted by atomic mass is 10.1. The SMILES string of the molecule is CCCCC(CCC)Nc1nc[nH]c(=O)c1N. The van der Waals surface area contributed by atoms with Gasteiger partial charge < -0.3 is 16.0 Å². The van der Waals surface area contributed by atoms with Crippen LogP contribution in [0.3, 0.4) is 0 Å². The Morgan fingerprint density at radius 3 is 2.82 bits per heavy atom.